The molecule has 2 fully saturated rings. The van der Waals surface area contributed by atoms with Crippen molar-refractivity contribution in [2.75, 3.05) is 7.11 Å². The fourth-order valence-corrected chi connectivity index (χ4v) is 8.24. The smallest absolute Gasteiger partial charge is 0.351 e. The second-order valence-corrected chi connectivity index (χ2v) is 12.6. The molecule has 2 saturated carbocycles. The number of carbonyl (C=O) groups is 3. The van der Waals surface area contributed by atoms with Crippen molar-refractivity contribution < 1.29 is 33.4 Å². The number of esters is 2. The van der Waals surface area contributed by atoms with E-state index in [2.05, 4.69) is 0 Å². The van der Waals surface area contributed by atoms with Crippen molar-refractivity contribution in [2.24, 2.45) is 28.6 Å². The number of allylic oxidation sites excluding steroid dienone is 4. The van der Waals surface area contributed by atoms with E-state index >= 15 is 4.39 Å². The van der Waals surface area contributed by atoms with E-state index in [1.165, 1.54) is 30.6 Å². The quantitative estimate of drug-likeness (QED) is 0.526. The van der Waals surface area contributed by atoms with Crippen molar-refractivity contribution in [3.8, 4) is 0 Å². The summed E-state index contributed by atoms with van der Waals surface area (Å²) in [5.74, 6) is -2.51. The zero-order valence-electron chi connectivity index (χ0n) is 22.4. The van der Waals surface area contributed by atoms with Gasteiger partial charge >= 0.3 is 11.9 Å². The monoisotopic (exact) mass is 532 g/mol. The summed E-state index contributed by atoms with van der Waals surface area (Å²) in [6.07, 6.45) is 3.38. The number of aliphatic hydroxyl groups is 1. The fourth-order valence-electron chi connectivity index (χ4n) is 7.44. The molecule has 8 heteroatoms. The Hall–Kier alpha value is -2.32. The predicted molar refractivity (Wildman–Crippen MR) is 139 cm³/mol. The maximum atomic E-state index is 15.6. The van der Waals surface area contributed by atoms with Crippen molar-refractivity contribution >= 4 is 29.1 Å². The molecule has 0 aliphatic heterocycles. The molecule has 1 aromatic rings. The zero-order valence-corrected chi connectivity index (χ0v) is 23.2. The summed E-state index contributed by atoms with van der Waals surface area (Å²) in [6, 6.07) is 1.82. The number of ether oxygens (including phenoxy) is 2. The molecule has 0 saturated heterocycles. The highest BCUT2D eigenvalue weighted by atomic mass is 32.1. The molecule has 0 aromatic carbocycles. The molecular weight excluding hydrogens is 495 g/mol. The van der Waals surface area contributed by atoms with Crippen LogP contribution in [0.1, 0.15) is 68.6 Å². The van der Waals surface area contributed by atoms with Crippen LogP contribution in [0.5, 0.6) is 0 Å². The van der Waals surface area contributed by atoms with Gasteiger partial charge in [-0.1, -0.05) is 26.8 Å². The summed E-state index contributed by atoms with van der Waals surface area (Å²) in [5.41, 5.74) is -2.27. The lowest BCUT2D eigenvalue weighted by Gasteiger charge is -2.58. The molecule has 1 aromatic heterocycles. The average molecular weight is 533 g/mol. The first-order valence-electron chi connectivity index (χ1n) is 12.9. The first kappa shape index (κ1) is 27.7. The van der Waals surface area contributed by atoms with Gasteiger partial charge in [0.2, 0.25) is 5.60 Å². The van der Waals surface area contributed by atoms with E-state index in [9.17, 15) is 19.5 Å². The second kappa shape index (κ2) is 9.77. The number of aliphatic hydroxyl groups excluding tert-OH is 1. The number of halogens is 1. The van der Waals surface area contributed by atoms with Gasteiger partial charge in [-0.2, -0.15) is 0 Å². The fraction of sp³-hybridized carbons (Fsp3) is 0.621. The van der Waals surface area contributed by atoms with Crippen LogP contribution in [0.3, 0.4) is 0 Å². The lowest BCUT2D eigenvalue weighted by atomic mass is 9.49. The van der Waals surface area contributed by atoms with Gasteiger partial charge in [0.1, 0.15) is 11.0 Å². The Balaban J connectivity index is 1.83. The Morgan fingerprint density at radius 2 is 1.89 bits per heavy atom. The summed E-state index contributed by atoms with van der Waals surface area (Å²) in [6.45, 7) is 9.11. The van der Waals surface area contributed by atoms with E-state index in [0.29, 0.717) is 23.3 Å². The Kier molecular flexibility index (Phi) is 7.32. The molecule has 8 atom stereocenters. The number of ketones is 1. The summed E-state index contributed by atoms with van der Waals surface area (Å²) in [7, 11) is 1.28. The molecule has 1 N–H and O–H groups in total. The molecule has 6 nitrogen and oxygen atoms in total. The number of thiophene rings is 1. The first-order valence-corrected chi connectivity index (χ1v) is 13.8. The normalized spacial score (nSPS) is 40.7. The largest absolute Gasteiger partial charge is 0.466 e. The molecule has 4 rings (SSSR count). The van der Waals surface area contributed by atoms with Gasteiger partial charge < -0.3 is 14.6 Å². The Morgan fingerprint density at radius 3 is 2.51 bits per heavy atom. The van der Waals surface area contributed by atoms with Crippen LogP contribution in [0.15, 0.2) is 35.2 Å². The van der Waals surface area contributed by atoms with E-state index in [-0.39, 0.29) is 30.5 Å². The van der Waals surface area contributed by atoms with Gasteiger partial charge in [0, 0.05) is 16.7 Å². The molecule has 202 valence electrons. The second-order valence-electron chi connectivity index (χ2n) is 11.6. The zero-order chi connectivity index (χ0) is 27.3. The standard InChI is InChI=1S/C29H37FO6S/c1-16-9-11-37-24(16)25(33)36-29(26(34)35-6)18(3)13-21-20-14-22(30)17(2)12-19(31)8-7-10-27(20,4)23(32)15-28(21,29)5/h7-9,11-12,18,20-23,32H,10,13-15H2,1-6H3/b8-7-,17-12?/t18-,20?,21?,22+,23+,27-,28+,29+/m1/s1. The third-order valence-electron chi connectivity index (χ3n) is 9.63. The minimum atomic E-state index is -1.64. The Morgan fingerprint density at radius 1 is 1.19 bits per heavy atom. The van der Waals surface area contributed by atoms with Crippen LogP contribution in [0, 0.1) is 35.5 Å². The Labute approximate surface area is 221 Å². The molecule has 3 aliphatic carbocycles. The van der Waals surface area contributed by atoms with Gasteiger partial charge in [0.05, 0.1) is 13.2 Å². The van der Waals surface area contributed by atoms with Crippen molar-refractivity contribution in [3.05, 3.63) is 45.7 Å². The van der Waals surface area contributed by atoms with Crippen LogP contribution in [0.25, 0.3) is 0 Å². The van der Waals surface area contributed by atoms with Crippen molar-refractivity contribution in [3.63, 3.8) is 0 Å². The molecule has 0 amide bonds. The van der Waals surface area contributed by atoms with Gasteiger partial charge in [-0.05, 0) is 86.1 Å². The summed E-state index contributed by atoms with van der Waals surface area (Å²) in [5, 5.41) is 13.5. The lowest BCUT2D eigenvalue weighted by molar-refractivity contribution is -0.205. The van der Waals surface area contributed by atoms with Gasteiger partial charge in [-0.15, -0.1) is 11.3 Å². The number of alkyl halides is 1. The first-order chi connectivity index (χ1) is 17.3. The third kappa shape index (κ3) is 4.20. The number of hydrogen-bond acceptors (Lipinski definition) is 7. The van der Waals surface area contributed by atoms with E-state index in [4.69, 9.17) is 9.47 Å². The lowest BCUT2D eigenvalue weighted by Crippen LogP contribution is -2.64. The maximum Gasteiger partial charge on any atom is 0.351 e. The van der Waals surface area contributed by atoms with Gasteiger partial charge in [0.15, 0.2) is 5.78 Å². The summed E-state index contributed by atoms with van der Waals surface area (Å²) in [4.78, 5) is 39.7. The molecule has 0 spiro atoms. The SMILES string of the molecule is COC(=O)[C@@]1(OC(=O)c2sccc2C)[C@H](C)CC2C3C[C@H](F)C(C)=CC(=O)/C=C\C[C@@]3(C)[C@@H](O)C[C@@]21C. The van der Waals surface area contributed by atoms with E-state index in [1.807, 2.05) is 33.8 Å². The van der Waals surface area contributed by atoms with Crippen molar-refractivity contribution in [2.45, 2.75) is 78.2 Å². The third-order valence-corrected chi connectivity index (χ3v) is 10.6. The van der Waals surface area contributed by atoms with Crippen molar-refractivity contribution in [1.29, 1.82) is 0 Å². The van der Waals surface area contributed by atoms with Crippen LogP contribution in [-0.4, -0.2) is 47.8 Å². The van der Waals surface area contributed by atoms with Crippen LogP contribution in [0.2, 0.25) is 0 Å². The van der Waals surface area contributed by atoms with Crippen LogP contribution in [0.4, 0.5) is 4.39 Å². The number of fused-ring (bicyclic) bond motifs is 3. The molecular formula is C29H37FO6S. The minimum absolute atomic E-state index is 0.0965. The van der Waals surface area contributed by atoms with Crippen LogP contribution < -0.4 is 0 Å². The van der Waals surface area contributed by atoms with E-state index in [0.717, 1.165) is 5.56 Å². The predicted octanol–water partition coefficient (Wildman–Crippen LogP) is 5.38. The molecule has 1 heterocycles. The highest BCUT2D eigenvalue weighted by Crippen LogP contribution is 2.68. The molecule has 0 radical (unpaired) electrons. The van der Waals surface area contributed by atoms with Crippen molar-refractivity contribution in [1.82, 2.24) is 0 Å². The van der Waals surface area contributed by atoms with Gasteiger partial charge in [0.25, 0.3) is 0 Å². The van der Waals surface area contributed by atoms with Crippen LogP contribution in [-0.2, 0) is 19.1 Å². The maximum absolute atomic E-state index is 15.6. The number of aryl methyl sites for hydroxylation is 1. The minimum Gasteiger partial charge on any atom is -0.466 e. The van der Waals surface area contributed by atoms with Crippen LogP contribution >= 0.6 is 11.3 Å². The summed E-state index contributed by atoms with van der Waals surface area (Å²) >= 11 is 1.25. The molecule has 3 aliphatic rings. The topological polar surface area (TPSA) is 89.9 Å². The molecule has 37 heavy (non-hydrogen) atoms. The number of rotatable bonds is 3. The van der Waals surface area contributed by atoms with E-state index < -0.39 is 46.6 Å². The molecule has 2 unspecified atom stereocenters. The molecule has 0 bridgehead atoms. The number of methoxy groups -OCH3 is 1. The Bertz CT molecular complexity index is 1160. The van der Waals surface area contributed by atoms with Gasteiger partial charge in [-0.25, -0.2) is 14.0 Å². The highest BCUT2D eigenvalue weighted by Gasteiger charge is 2.74. The highest BCUT2D eigenvalue weighted by molar-refractivity contribution is 7.12. The van der Waals surface area contributed by atoms with E-state index in [1.54, 1.807) is 18.4 Å². The number of carbonyl (C=O) groups excluding carboxylic acids is 3. The summed E-state index contributed by atoms with van der Waals surface area (Å²) < 4.78 is 27.1. The average Bonchev–Trinajstić information content (AvgIpc) is 3.35. The van der Waals surface area contributed by atoms with Gasteiger partial charge in [-0.3, -0.25) is 4.79 Å². The number of hydrogen-bond donors (Lipinski definition) is 1.